The van der Waals surface area contributed by atoms with Gasteiger partial charge >= 0.3 is 0 Å². The van der Waals surface area contributed by atoms with Crippen LogP contribution in [0.4, 0.5) is 0 Å². The van der Waals surface area contributed by atoms with E-state index in [4.69, 9.17) is 4.98 Å². The largest absolute Gasteiger partial charge is 0.309 e. The molecule has 0 fully saturated rings. The summed E-state index contributed by atoms with van der Waals surface area (Å²) in [6.07, 6.45) is 0. The van der Waals surface area contributed by atoms with E-state index in [0.717, 1.165) is 56.0 Å². The SMILES string of the molecule is c1ccc(-c2cccc(-n3c4ccccc4c4ccc(-c5ccc6c7ccccc7n(-c7cc(-c8ccccc8)cc(-c8ccccc8)n7)c6c5)cc43)c2)cc1. The van der Waals surface area contributed by atoms with Gasteiger partial charge in [-0.1, -0.05) is 164 Å². The molecule has 3 heteroatoms. The number of benzene rings is 8. The van der Waals surface area contributed by atoms with Gasteiger partial charge in [0.05, 0.1) is 27.8 Å². The van der Waals surface area contributed by atoms with Gasteiger partial charge in [0.1, 0.15) is 5.82 Å². The lowest BCUT2D eigenvalue weighted by molar-refractivity contribution is 1.08. The standard InChI is InChI=1S/C53H35N3/c1-4-15-36(16-5-1)39-21-14-22-43(31-39)55-49-25-12-10-23-44(49)46-29-27-40(33-51(46)55)41-28-30-47-45-24-11-13-26-50(45)56(52(47)34-41)53-35-42(37-17-6-2-7-18-37)32-48(54-53)38-19-8-3-9-20-38/h1-35H. The van der Waals surface area contributed by atoms with E-state index in [2.05, 4.69) is 221 Å². The molecule has 0 spiro atoms. The third-order valence-electron chi connectivity index (χ3n) is 11.1. The van der Waals surface area contributed by atoms with Gasteiger partial charge < -0.3 is 4.57 Å². The van der Waals surface area contributed by atoms with Crippen molar-refractivity contribution in [2.75, 3.05) is 0 Å². The second kappa shape index (κ2) is 13.1. The van der Waals surface area contributed by atoms with Crippen molar-refractivity contribution in [2.45, 2.75) is 0 Å². The van der Waals surface area contributed by atoms with Gasteiger partial charge in [-0.25, -0.2) is 4.98 Å². The first kappa shape index (κ1) is 32.0. The Kier molecular flexibility index (Phi) is 7.49. The zero-order valence-electron chi connectivity index (χ0n) is 30.5. The maximum Gasteiger partial charge on any atom is 0.138 e. The molecule has 0 aliphatic rings. The van der Waals surface area contributed by atoms with Crippen LogP contribution in [-0.4, -0.2) is 14.1 Å². The summed E-state index contributed by atoms with van der Waals surface area (Å²) in [5.74, 6) is 0.891. The molecule has 0 aliphatic heterocycles. The molecule has 3 aromatic heterocycles. The zero-order valence-corrected chi connectivity index (χ0v) is 30.5. The van der Waals surface area contributed by atoms with Crippen LogP contribution in [0, 0.1) is 0 Å². The van der Waals surface area contributed by atoms with Gasteiger partial charge in [0.25, 0.3) is 0 Å². The minimum absolute atomic E-state index is 0.891. The molecule has 0 amide bonds. The molecule has 0 bridgehead atoms. The van der Waals surface area contributed by atoms with Crippen molar-refractivity contribution in [1.82, 2.24) is 14.1 Å². The predicted molar refractivity (Wildman–Crippen MR) is 235 cm³/mol. The number of aromatic nitrogens is 3. The summed E-state index contributed by atoms with van der Waals surface area (Å²) in [5.41, 5.74) is 14.8. The summed E-state index contributed by atoms with van der Waals surface area (Å²) in [5, 5.41) is 4.88. The molecular weight excluding hydrogens is 679 g/mol. The normalized spacial score (nSPS) is 11.6. The number of hydrogen-bond acceptors (Lipinski definition) is 1. The highest BCUT2D eigenvalue weighted by molar-refractivity contribution is 6.12. The number of pyridine rings is 1. The van der Waals surface area contributed by atoms with E-state index in [9.17, 15) is 0 Å². The summed E-state index contributed by atoms with van der Waals surface area (Å²) in [6.45, 7) is 0. The molecule has 8 aromatic carbocycles. The van der Waals surface area contributed by atoms with E-state index < -0.39 is 0 Å². The quantitative estimate of drug-likeness (QED) is 0.168. The van der Waals surface area contributed by atoms with Crippen molar-refractivity contribution >= 4 is 43.6 Å². The molecule has 0 N–H and O–H groups in total. The maximum atomic E-state index is 5.37. The van der Waals surface area contributed by atoms with Crippen LogP contribution in [0.5, 0.6) is 0 Å². The fourth-order valence-electron chi connectivity index (χ4n) is 8.47. The van der Waals surface area contributed by atoms with Crippen LogP contribution in [0.1, 0.15) is 0 Å². The first-order valence-corrected chi connectivity index (χ1v) is 19.1. The van der Waals surface area contributed by atoms with Gasteiger partial charge in [-0.2, -0.15) is 0 Å². The molecule has 0 saturated heterocycles. The number of rotatable bonds is 6. The molecule has 11 rings (SSSR count). The number of fused-ring (bicyclic) bond motifs is 6. The number of nitrogens with zero attached hydrogens (tertiary/aromatic N) is 3. The fourth-order valence-corrected chi connectivity index (χ4v) is 8.47. The third-order valence-corrected chi connectivity index (χ3v) is 11.1. The Bertz CT molecular complexity index is 3170. The zero-order chi connectivity index (χ0) is 37.0. The molecule has 0 aliphatic carbocycles. The topological polar surface area (TPSA) is 22.8 Å². The lowest BCUT2D eigenvalue weighted by Crippen LogP contribution is -2.00. The summed E-state index contributed by atoms with van der Waals surface area (Å²) in [6, 6.07) is 76.3. The van der Waals surface area contributed by atoms with Crippen molar-refractivity contribution in [1.29, 1.82) is 0 Å². The van der Waals surface area contributed by atoms with Crippen LogP contribution in [0.2, 0.25) is 0 Å². The summed E-state index contributed by atoms with van der Waals surface area (Å²) in [7, 11) is 0. The lowest BCUT2D eigenvalue weighted by Gasteiger charge is -2.13. The van der Waals surface area contributed by atoms with E-state index >= 15 is 0 Å². The Balaban J connectivity index is 1.12. The van der Waals surface area contributed by atoms with E-state index in [1.54, 1.807) is 0 Å². The molecule has 11 aromatic rings. The predicted octanol–water partition coefficient (Wildman–Crippen LogP) is 13.9. The third kappa shape index (κ3) is 5.32. The molecule has 56 heavy (non-hydrogen) atoms. The van der Waals surface area contributed by atoms with Gasteiger partial charge in [0.15, 0.2) is 0 Å². The van der Waals surface area contributed by atoms with Crippen molar-refractivity contribution in [2.24, 2.45) is 0 Å². The molecule has 0 atom stereocenters. The molecular formula is C53H35N3. The Morgan fingerprint density at radius 2 is 0.732 bits per heavy atom. The first-order valence-electron chi connectivity index (χ1n) is 19.1. The van der Waals surface area contributed by atoms with Crippen molar-refractivity contribution in [3.05, 3.63) is 212 Å². The highest BCUT2D eigenvalue weighted by atomic mass is 15.1. The van der Waals surface area contributed by atoms with Crippen LogP contribution < -0.4 is 0 Å². The Morgan fingerprint density at radius 3 is 1.36 bits per heavy atom. The van der Waals surface area contributed by atoms with Crippen LogP contribution in [-0.2, 0) is 0 Å². The Morgan fingerprint density at radius 1 is 0.268 bits per heavy atom. The maximum absolute atomic E-state index is 5.37. The highest BCUT2D eigenvalue weighted by Gasteiger charge is 2.18. The molecule has 3 nitrogen and oxygen atoms in total. The second-order valence-corrected chi connectivity index (χ2v) is 14.4. The first-order chi connectivity index (χ1) is 27.8. The summed E-state index contributed by atoms with van der Waals surface area (Å²) < 4.78 is 4.76. The van der Waals surface area contributed by atoms with Crippen LogP contribution in [0.3, 0.4) is 0 Å². The smallest absolute Gasteiger partial charge is 0.138 e. The lowest BCUT2D eigenvalue weighted by atomic mass is 10.0. The molecule has 0 saturated carbocycles. The van der Waals surface area contributed by atoms with E-state index in [1.165, 1.54) is 43.7 Å². The van der Waals surface area contributed by atoms with Crippen LogP contribution >= 0.6 is 0 Å². The van der Waals surface area contributed by atoms with Gasteiger partial charge in [0.2, 0.25) is 0 Å². The van der Waals surface area contributed by atoms with E-state index in [-0.39, 0.29) is 0 Å². The summed E-state index contributed by atoms with van der Waals surface area (Å²) in [4.78, 5) is 5.37. The molecule has 3 heterocycles. The Labute approximate surface area is 325 Å². The number of para-hydroxylation sites is 2. The average molecular weight is 714 g/mol. The fraction of sp³-hybridized carbons (Fsp3) is 0. The average Bonchev–Trinajstić information content (AvgIpc) is 3.79. The second-order valence-electron chi connectivity index (χ2n) is 14.4. The van der Waals surface area contributed by atoms with Crippen molar-refractivity contribution in [3.8, 4) is 56.1 Å². The van der Waals surface area contributed by atoms with E-state index in [0.29, 0.717) is 0 Å². The molecule has 262 valence electrons. The minimum atomic E-state index is 0.891. The van der Waals surface area contributed by atoms with E-state index in [1.807, 2.05) is 0 Å². The number of hydrogen-bond donors (Lipinski definition) is 0. The monoisotopic (exact) mass is 713 g/mol. The highest BCUT2D eigenvalue weighted by Crippen LogP contribution is 2.39. The minimum Gasteiger partial charge on any atom is -0.309 e. The van der Waals surface area contributed by atoms with Crippen LogP contribution in [0.15, 0.2) is 212 Å². The van der Waals surface area contributed by atoms with Crippen molar-refractivity contribution < 1.29 is 0 Å². The van der Waals surface area contributed by atoms with Gasteiger partial charge in [-0.15, -0.1) is 0 Å². The van der Waals surface area contributed by atoms with Gasteiger partial charge in [-0.05, 0) is 81.9 Å². The van der Waals surface area contributed by atoms with Gasteiger partial charge in [-0.3, -0.25) is 4.57 Å². The molecule has 0 radical (unpaired) electrons. The van der Waals surface area contributed by atoms with Crippen molar-refractivity contribution in [3.63, 3.8) is 0 Å². The van der Waals surface area contributed by atoms with Crippen LogP contribution in [0.25, 0.3) is 99.8 Å². The van der Waals surface area contributed by atoms with Gasteiger partial charge in [0, 0.05) is 32.8 Å². The Hall–Kier alpha value is -7.49. The molecule has 0 unspecified atom stereocenters. The summed E-state index contributed by atoms with van der Waals surface area (Å²) >= 11 is 0.